The van der Waals surface area contributed by atoms with Crippen LogP contribution in [0.2, 0.25) is 0 Å². The Labute approximate surface area is 107 Å². The number of imidazole rings is 1. The number of halogens is 1. The molecule has 0 saturated heterocycles. The van der Waals surface area contributed by atoms with Crippen molar-refractivity contribution < 1.29 is 0 Å². The molecule has 5 nitrogen and oxygen atoms in total. The first-order chi connectivity index (χ1) is 7.77. The van der Waals surface area contributed by atoms with Crippen molar-refractivity contribution in [3.63, 3.8) is 0 Å². The molecule has 0 radical (unpaired) electrons. The molecule has 2 aromatic rings. The van der Waals surface area contributed by atoms with Crippen LogP contribution in [0, 0.1) is 3.57 Å². The van der Waals surface area contributed by atoms with Gasteiger partial charge in [0.15, 0.2) is 0 Å². The van der Waals surface area contributed by atoms with E-state index in [2.05, 4.69) is 42.9 Å². The van der Waals surface area contributed by atoms with Gasteiger partial charge in [-0.3, -0.25) is 0 Å². The van der Waals surface area contributed by atoms with Crippen LogP contribution in [0.5, 0.6) is 0 Å². The van der Waals surface area contributed by atoms with E-state index in [1.165, 1.54) is 0 Å². The van der Waals surface area contributed by atoms with Crippen LogP contribution in [0.25, 0.3) is 0 Å². The highest BCUT2D eigenvalue weighted by atomic mass is 127. The van der Waals surface area contributed by atoms with Crippen LogP contribution < -0.4 is 5.32 Å². The zero-order valence-corrected chi connectivity index (χ0v) is 11.0. The lowest BCUT2D eigenvalue weighted by Gasteiger charge is -2.06. The summed E-state index contributed by atoms with van der Waals surface area (Å²) in [5.41, 5.74) is 0. The van der Waals surface area contributed by atoms with E-state index in [1.807, 2.05) is 24.0 Å². The third-order valence-corrected chi connectivity index (χ3v) is 3.02. The molecule has 0 amide bonds. The molecule has 0 spiro atoms. The van der Waals surface area contributed by atoms with Gasteiger partial charge in [-0.2, -0.15) is 0 Å². The number of anilines is 1. The molecule has 0 aliphatic rings. The van der Waals surface area contributed by atoms with Gasteiger partial charge in [0.2, 0.25) is 0 Å². The van der Waals surface area contributed by atoms with Crippen LogP contribution in [0.15, 0.2) is 24.9 Å². The van der Waals surface area contributed by atoms with E-state index in [4.69, 9.17) is 0 Å². The van der Waals surface area contributed by atoms with Crippen molar-refractivity contribution in [2.24, 2.45) is 7.05 Å². The zero-order valence-electron chi connectivity index (χ0n) is 8.89. The largest absolute Gasteiger partial charge is 0.369 e. The molecule has 1 N–H and O–H groups in total. The molecule has 2 aromatic heterocycles. The summed E-state index contributed by atoms with van der Waals surface area (Å²) in [6.45, 7) is 0.817. The van der Waals surface area contributed by atoms with E-state index >= 15 is 0 Å². The summed E-state index contributed by atoms with van der Waals surface area (Å²) >= 11 is 2.21. The Kier molecular flexibility index (Phi) is 3.70. The van der Waals surface area contributed by atoms with Gasteiger partial charge in [0.05, 0.1) is 3.57 Å². The maximum atomic E-state index is 4.26. The number of rotatable bonds is 4. The van der Waals surface area contributed by atoms with E-state index in [-0.39, 0.29) is 0 Å². The van der Waals surface area contributed by atoms with Crippen molar-refractivity contribution in [2.75, 3.05) is 11.9 Å². The SMILES string of the molecule is Cn1ccnc1CCNc1ncncc1I. The molecule has 0 atom stereocenters. The monoisotopic (exact) mass is 329 g/mol. The molecule has 84 valence electrons. The van der Waals surface area contributed by atoms with Crippen molar-refractivity contribution in [1.82, 2.24) is 19.5 Å². The second-order valence-electron chi connectivity index (χ2n) is 3.35. The highest BCUT2D eigenvalue weighted by Crippen LogP contribution is 2.11. The molecule has 0 unspecified atom stereocenters. The molecule has 0 aromatic carbocycles. The Morgan fingerprint density at radius 3 is 3.00 bits per heavy atom. The first kappa shape index (κ1) is 11.3. The summed E-state index contributed by atoms with van der Waals surface area (Å²) in [7, 11) is 2.00. The first-order valence-electron chi connectivity index (χ1n) is 4.93. The van der Waals surface area contributed by atoms with Crippen molar-refractivity contribution >= 4 is 28.4 Å². The van der Waals surface area contributed by atoms with E-state index in [9.17, 15) is 0 Å². The maximum Gasteiger partial charge on any atom is 0.142 e. The van der Waals surface area contributed by atoms with E-state index < -0.39 is 0 Å². The van der Waals surface area contributed by atoms with Gasteiger partial charge in [-0.15, -0.1) is 0 Å². The third kappa shape index (κ3) is 2.69. The van der Waals surface area contributed by atoms with Crippen molar-refractivity contribution in [2.45, 2.75) is 6.42 Å². The number of nitrogens with one attached hydrogen (secondary N) is 1. The smallest absolute Gasteiger partial charge is 0.142 e. The Morgan fingerprint density at radius 1 is 1.44 bits per heavy atom. The molecule has 2 heterocycles. The lowest BCUT2D eigenvalue weighted by Crippen LogP contribution is -2.10. The Hall–Kier alpha value is -1.18. The Balaban J connectivity index is 1.89. The van der Waals surface area contributed by atoms with Crippen LogP contribution in [-0.4, -0.2) is 26.1 Å². The summed E-state index contributed by atoms with van der Waals surface area (Å²) in [5, 5.41) is 3.27. The summed E-state index contributed by atoms with van der Waals surface area (Å²) in [5.74, 6) is 1.95. The minimum atomic E-state index is 0.817. The summed E-state index contributed by atoms with van der Waals surface area (Å²) in [6, 6.07) is 0. The second-order valence-corrected chi connectivity index (χ2v) is 4.51. The fraction of sp³-hybridized carbons (Fsp3) is 0.300. The minimum Gasteiger partial charge on any atom is -0.369 e. The molecule has 0 aliphatic carbocycles. The molecule has 0 aliphatic heterocycles. The first-order valence-corrected chi connectivity index (χ1v) is 6.01. The molecule has 16 heavy (non-hydrogen) atoms. The zero-order chi connectivity index (χ0) is 11.4. The number of aryl methyl sites for hydroxylation is 1. The predicted molar refractivity (Wildman–Crippen MR) is 70.2 cm³/mol. The topological polar surface area (TPSA) is 55.6 Å². The van der Waals surface area contributed by atoms with Crippen LogP contribution >= 0.6 is 22.6 Å². The van der Waals surface area contributed by atoms with Crippen LogP contribution in [0.4, 0.5) is 5.82 Å². The van der Waals surface area contributed by atoms with Crippen molar-refractivity contribution in [1.29, 1.82) is 0 Å². The van der Waals surface area contributed by atoms with Gasteiger partial charge in [0.1, 0.15) is 18.0 Å². The Bertz CT molecular complexity index is 468. The van der Waals surface area contributed by atoms with E-state index in [0.29, 0.717) is 0 Å². The quantitative estimate of drug-likeness (QED) is 0.863. The van der Waals surface area contributed by atoms with Gasteiger partial charge in [-0.25, -0.2) is 15.0 Å². The van der Waals surface area contributed by atoms with Gasteiger partial charge in [0, 0.05) is 38.6 Å². The highest BCUT2D eigenvalue weighted by Gasteiger charge is 2.01. The summed E-state index contributed by atoms with van der Waals surface area (Å²) < 4.78 is 3.05. The third-order valence-electron chi connectivity index (χ3n) is 2.23. The van der Waals surface area contributed by atoms with Gasteiger partial charge in [-0.1, -0.05) is 0 Å². The molecule has 2 rings (SSSR count). The minimum absolute atomic E-state index is 0.817. The molecular formula is C10H12IN5. The average molecular weight is 329 g/mol. The van der Waals surface area contributed by atoms with Crippen LogP contribution in [0.3, 0.4) is 0 Å². The molecule has 6 heteroatoms. The fourth-order valence-corrected chi connectivity index (χ4v) is 1.86. The fourth-order valence-electron chi connectivity index (χ4n) is 1.37. The lowest BCUT2D eigenvalue weighted by atomic mass is 10.4. The van der Waals surface area contributed by atoms with E-state index in [1.54, 1.807) is 12.5 Å². The van der Waals surface area contributed by atoms with Gasteiger partial charge >= 0.3 is 0 Å². The predicted octanol–water partition coefficient (Wildman–Crippen LogP) is 1.47. The maximum absolute atomic E-state index is 4.26. The number of hydrogen-bond donors (Lipinski definition) is 1. The summed E-state index contributed by atoms with van der Waals surface area (Å²) in [6.07, 6.45) is 7.97. The number of hydrogen-bond acceptors (Lipinski definition) is 4. The number of aromatic nitrogens is 4. The molecule has 0 saturated carbocycles. The van der Waals surface area contributed by atoms with E-state index in [0.717, 1.165) is 28.2 Å². The van der Waals surface area contributed by atoms with Crippen LogP contribution in [-0.2, 0) is 13.5 Å². The average Bonchev–Trinajstić information content (AvgIpc) is 2.67. The normalized spacial score (nSPS) is 10.4. The van der Waals surface area contributed by atoms with Gasteiger partial charge in [-0.05, 0) is 22.6 Å². The van der Waals surface area contributed by atoms with Gasteiger partial charge in [0.25, 0.3) is 0 Å². The highest BCUT2D eigenvalue weighted by molar-refractivity contribution is 14.1. The van der Waals surface area contributed by atoms with Crippen LogP contribution in [0.1, 0.15) is 5.82 Å². The van der Waals surface area contributed by atoms with Gasteiger partial charge < -0.3 is 9.88 Å². The number of nitrogens with zero attached hydrogens (tertiary/aromatic N) is 4. The molecule has 0 bridgehead atoms. The van der Waals surface area contributed by atoms with Crippen molar-refractivity contribution in [3.8, 4) is 0 Å². The Morgan fingerprint density at radius 2 is 2.31 bits per heavy atom. The molecule has 0 fully saturated rings. The summed E-state index contributed by atoms with van der Waals surface area (Å²) in [4.78, 5) is 12.4. The second kappa shape index (κ2) is 5.24. The molecular weight excluding hydrogens is 317 g/mol. The lowest BCUT2D eigenvalue weighted by molar-refractivity contribution is 0.788. The van der Waals surface area contributed by atoms with Crippen molar-refractivity contribution in [3.05, 3.63) is 34.3 Å². The standard InChI is InChI=1S/C10H12IN5/c1-16-5-4-13-9(16)2-3-14-10-8(11)6-12-7-15-10/h4-7H,2-3H2,1H3,(H,12,14,15).